The van der Waals surface area contributed by atoms with Crippen molar-refractivity contribution >= 4 is 18.6 Å². The number of rotatable bonds is 4. The average Bonchev–Trinajstić information content (AvgIpc) is 2.88. The molecule has 2 aromatic carbocycles. The van der Waals surface area contributed by atoms with Crippen molar-refractivity contribution in [2.24, 2.45) is 0 Å². The SMILES string of the molecule is COC(=O)c1ccc(-c2cc(B3OC(C)(C)C(C)(C)O3)c(OC)cc2F)c(C)c1. The van der Waals surface area contributed by atoms with E-state index < -0.39 is 30.1 Å². The van der Waals surface area contributed by atoms with Crippen molar-refractivity contribution in [3.63, 3.8) is 0 Å². The normalized spacial score (nSPS) is 17.3. The highest BCUT2D eigenvalue weighted by Gasteiger charge is 2.52. The third kappa shape index (κ3) is 3.77. The van der Waals surface area contributed by atoms with Crippen LogP contribution < -0.4 is 10.2 Å². The van der Waals surface area contributed by atoms with Gasteiger partial charge in [0.05, 0.1) is 31.0 Å². The zero-order chi connectivity index (χ0) is 21.6. The van der Waals surface area contributed by atoms with Gasteiger partial charge >= 0.3 is 13.1 Å². The molecule has 1 heterocycles. The molecule has 0 spiro atoms. The van der Waals surface area contributed by atoms with E-state index in [1.54, 1.807) is 24.3 Å². The van der Waals surface area contributed by atoms with Gasteiger partial charge in [-0.15, -0.1) is 0 Å². The molecule has 0 bridgehead atoms. The molecule has 3 rings (SSSR count). The van der Waals surface area contributed by atoms with E-state index in [-0.39, 0.29) is 0 Å². The molecule has 7 heteroatoms. The van der Waals surface area contributed by atoms with Crippen LogP contribution in [0.15, 0.2) is 30.3 Å². The largest absolute Gasteiger partial charge is 0.498 e. The molecule has 0 atom stereocenters. The lowest BCUT2D eigenvalue weighted by Gasteiger charge is -2.32. The van der Waals surface area contributed by atoms with Crippen LogP contribution in [0.25, 0.3) is 11.1 Å². The number of esters is 1. The van der Waals surface area contributed by atoms with Crippen LogP contribution in [-0.4, -0.2) is 38.5 Å². The quantitative estimate of drug-likeness (QED) is 0.576. The maximum atomic E-state index is 14.9. The number of aryl methyl sites for hydroxylation is 1. The van der Waals surface area contributed by atoms with Gasteiger partial charge in [-0.3, -0.25) is 0 Å². The number of methoxy groups -OCH3 is 2. The van der Waals surface area contributed by atoms with Crippen LogP contribution in [0, 0.1) is 12.7 Å². The third-order valence-electron chi connectivity index (χ3n) is 5.76. The van der Waals surface area contributed by atoms with Gasteiger partial charge in [-0.25, -0.2) is 9.18 Å². The Morgan fingerprint density at radius 1 is 1.00 bits per heavy atom. The second-order valence-corrected chi connectivity index (χ2v) is 8.18. The standard InChI is InChI=1S/C22H26BFO5/c1-13-10-14(20(25)27-7)8-9-15(13)16-11-17(19(26-6)12-18(16)24)23-28-21(2,3)22(4,5)29-23/h8-12H,1-7H3. The van der Waals surface area contributed by atoms with Crippen molar-refractivity contribution in [2.45, 2.75) is 45.8 Å². The van der Waals surface area contributed by atoms with Gasteiger partial charge in [0.2, 0.25) is 0 Å². The van der Waals surface area contributed by atoms with Gasteiger partial charge in [0.15, 0.2) is 0 Å². The molecule has 1 aliphatic rings. The molecule has 5 nitrogen and oxygen atoms in total. The summed E-state index contributed by atoms with van der Waals surface area (Å²) in [5.41, 5.74) is 1.75. The Kier molecular flexibility index (Phi) is 5.49. The van der Waals surface area contributed by atoms with Gasteiger partial charge in [-0.2, -0.15) is 0 Å². The summed E-state index contributed by atoms with van der Waals surface area (Å²) in [6, 6.07) is 8.03. The first-order valence-corrected chi connectivity index (χ1v) is 9.43. The second kappa shape index (κ2) is 7.46. The zero-order valence-corrected chi connectivity index (χ0v) is 17.9. The molecule has 0 unspecified atom stereocenters. The minimum atomic E-state index is -0.691. The van der Waals surface area contributed by atoms with E-state index in [1.165, 1.54) is 20.3 Å². The van der Waals surface area contributed by atoms with Crippen LogP contribution in [-0.2, 0) is 14.0 Å². The minimum Gasteiger partial charge on any atom is -0.497 e. The zero-order valence-electron chi connectivity index (χ0n) is 17.9. The lowest BCUT2D eigenvalue weighted by atomic mass is 9.76. The first-order valence-electron chi connectivity index (χ1n) is 9.43. The Morgan fingerprint density at radius 2 is 1.62 bits per heavy atom. The Morgan fingerprint density at radius 3 is 2.14 bits per heavy atom. The summed E-state index contributed by atoms with van der Waals surface area (Å²) < 4.78 is 37.4. The Labute approximate surface area is 171 Å². The van der Waals surface area contributed by atoms with E-state index in [0.29, 0.717) is 27.9 Å². The number of halogens is 1. The highest BCUT2D eigenvalue weighted by Crippen LogP contribution is 2.38. The smallest absolute Gasteiger partial charge is 0.497 e. The fourth-order valence-electron chi connectivity index (χ4n) is 3.32. The highest BCUT2D eigenvalue weighted by atomic mass is 19.1. The maximum Gasteiger partial charge on any atom is 0.498 e. The fraction of sp³-hybridized carbons (Fsp3) is 0.409. The highest BCUT2D eigenvalue weighted by molar-refractivity contribution is 6.63. The number of carbonyl (C=O) groups is 1. The number of hydrogen-bond donors (Lipinski definition) is 0. The summed E-state index contributed by atoms with van der Waals surface area (Å²) in [6.45, 7) is 9.65. The van der Waals surface area contributed by atoms with Crippen LogP contribution in [0.1, 0.15) is 43.6 Å². The lowest BCUT2D eigenvalue weighted by molar-refractivity contribution is 0.00578. The van der Waals surface area contributed by atoms with E-state index in [2.05, 4.69) is 0 Å². The number of hydrogen-bond acceptors (Lipinski definition) is 5. The number of ether oxygens (including phenoxy) is 2. The van der Waals surface area contributed by atoms with Gasteiger partial charge in [0, 0.05) is 17.1 Å². The Bertz CT molecular complexity index is 938. The van der Waals surface area contributed by atoms with E-state index in [1.807, 2.05) is 34.6 Å². The molecule has 1 aliphatic heterocycles. The van der Waals surface area contributed by atoms with Gasteiger partial charge in [0.25, 0.3) is 0 Å². The summed E-state index contributed by atoms with van der Waals surface area (Å²) in [6.07, 6.45) is 0. The number of benzene rings is 2. The van der Waals surface area contributed by atoms with E-state index in [0.717, 1.165) is 5.56 Å². The summed E-state index contributed by atoms with van der Waals surface area (Å²) in [5.74, 6) is -0.516. The Hall–Kier alpha value is -2.38. The molecule has 154 valence electrons. The molecule has 0 radical (unpaired) electrons. The van der Waals surface area contributed by atoms with Crippen molar-refractivity contribution in [3.8, 4) is 16.9 Å². The van der Waals surface area contributed by atoms with Crippen molar-refractivity contribution in [1.82, 2.24) is 0 Å². The van der Waals surface area contributed by atoms with Crippen molar-refractivity contribution in [1.29, 1.82) is 0 Å². The molecule has 0 saturated carbocycles. The maximum absolute atomic E-state index is 14.9. The summed E-state index contributed by atoms with van der Waals surface area (Å²) in [5, 5.41) is 0. The molecule has 2 aromatic rings. The van der Waals surface area contributed by atoms with Crippen LogP contribution in [0.2, 0.25) is 0 Å². The van der Waals surface area contributed by atoms with E-state index >= 15 is 0 Å². The van der Waals surface area contributed by atoms with Gasteiger partial charge in [-0.05, 0) is 63.9 Å². The molecule has 29 heavy (non-hydrogen) atoms. The van der Waals surface area contributed by atoms with Crippen molar-refractivity contribution in [2.75, 3.05) is 14.2 Å². The molecule has 0 amide bonds. The van der Waals surface area contributed by atoms with Crippen LogP contribution in [0.4, 0.5) is 4.39 Å². The third-order valence-corrected chi connectivity index (χ3v) is 5.76. The van der Waals surface area contributed by atoms with Crippen molar-refractivity contribution in [3.05, 3.63) is 47.3 Å². The topological polar surface area (TPSA) is 54.0 Å². The Balaban J connectivity index is 2.09. The van der Waals surface area contributed by atoms with Crippen LogP contribution in [0.3, 0.4) is 0 Å². The van der Waals surface area contributed by atoms with Gasteiger partial charge in [0.1, 0.15) is 11.6 Å². The minimum absolute atomic E-state index is 0.355. The van der Waals surface area contributed by atoms with Crippen LogP contribution in [0.5, 0.6) is 5.75 Å². The first-order chi connectivity index (χ1) is 13.5. The van der Waals surface area contributed by atoms with Crippen molar-refractivity contribution < 1.29 is 28.0 Å². The number of carbonyl (C=O) groups excluding carboxylic acids is 1. The summed E-state index contributed by atoms with van der Waals surface area (Å²) >= 11 is 0. The predicted molar refractivity (Wildman–Crippen MR) is 110 cm³/mol. The van der Waals surface area contributed by atoms with Gasteiger partial charge in [-0.1, -0.05) is 6.07 Å². The summed E-state index contributed by atoms with van der Waals surface area (Å²) in [7, 11) is 2.12. The summed E-state index contributed by atoms with van der Waals surface area (Å²) in [4.78, 5) is 11.8. The predicted octanol–water partition coefficient (Wildman–Crippen LogP) is 3.90. The molecule has 1 saturated heterocycles. The van der Waals surface area contributed by atoms with E-state index in [4.69, 9.17) is 18.8 Å². The lowest BCUT2D eigenvalue weighted by Crippen LogP contribution is -2.41. The fourth-order valence-corrected chi connectivity index (χ4v) is 3.32. The average molecular weight is 400 g/mol. The molecule has 0 N–H and O–H groups in total. The van der Waals surface area contributed by atoms with Crippen LogP contribution >= 0.6 is 0 Å². The molecule has 0 aliphatic carbocycles. The molecular formula is C22H26BFO5. The molecule has 0 aromatic heterocycles. The first kappa shape index (κ1) is 21.3. The van der Waals surface area contributed by atoms with E-state index in [9.17, 15) is 9.18 Å². The van der Waals surface area contributed by atoms with Gasteiger partial charge < -0.3 is 18.8 Å². The molecular weight excluding hydrogens is 374 g/mol. The monoisotopic (exact) mass is 400 g/mol. The second-order valence-electron chi connectivity index (χ2n) is 8.18. The molecule has 1 fully saturated rings.